The monoisotopic (exact) mass is 417 g/mol. The number of benzene rings is 3. The predicted octanol–water partition coefficient (Wildman–Crippen LogP) is 4.56. The Morgan fingerprint density at radius 3 is 2.65 bits per heavy atom. The molecule has 6 nitrogen and oxygen atoms in total. The first kappa shape index (κ1) is 19.5. The van der Waals surface area contributed by atoms with E-state index in [1.165, 1.54) is 6.07 Å². The number of hydrogen-bond donors (Lipinski definition) is 3. The molecule has 1 atom stereocenters. The number of phenols is 2. The number of phenolic OH excluding ortho intramolecular Hbond substituents is 2. The van der Waals surface area contributed by atoms with E-state index in [0.717, 1.165) is 19.4 Å². The van der Waals surface area contributed by atoms with Crippen LogP contribution in [-0.2, 0) is 16.9 Å². The molecule has 0 fully saturated rings. The highest BCUT2D eigenvalue weighted by Crippen LogP contribution is 2.58. The zero-order valence-corrected chi connectivity index (χ0v) is 17.1. The third-order valence-electron chi connectivity index (χ3n) is 5.95. The molecule has 0 saturated carbocycles. The maximum Gasteiger partial charge on any atom is 0.340 e. The van der Waals surface area contributed by atoms with Gasteiger partial charge < -0.3 is 25.0 Å². The Morgan fingerprint density at radius 1 is 1.00 bits per heavy atom. The molecule has 158 valence electrons. The van der Waals surface area contributed by atoms with Gasteiger partial charge >= 0.3 is 5.97 Å². The highest BCUT2D eigenvalue weighted by atomic mass is 16.6. The van der Waals surface area contributed by atoms with Crippen LogP contribution in [0.2, 0.25) is 0 Å². The number of aromatic hydroxyl groups is 2. The Labute approximate surface area is 180 Å². The van der Waals surface area contributed by atoms with E-state index in [-0.39, 0.29) is 11.5 Å². The molecule has 2 aliphatic rings. The van der Waals surface area contributed by atoms with E-state index < -0.39 is 11.6 Å². The summed E-state index contributed by atoms with van der Waals surface area (Å²) in [5.41, 5.74) is 1.86. The van der Waals surface area contributed by atoms with E-state index in [4.69, 9.17) is 9.47 Å². The highest BCUT2D eigenvalue weighted by molar-refractivity contribution is 5.97. The maximum atomic E-state index is 12.8. The van der Waals surface area contributed by atoms with Crippen LogP contribution in [0.1, 0.15) is 52.4 Å². The van der Waals surface area contributed by atoms with Crippen molar-refractivity contribution in [2.24, 2.45) is 0 Å². The lowest BCUT2D eigenvalue weighted by molar-refractivity contribution is 0.0223. The number of ether oxygens (including phenoxy) is 2. The van der Waals surface area contributed by atoms with Crippen molar-refractivity contribution in [3.63, 3.8) is 0 Å². The molecule has 3 aromatic rings. The SMILES string of the molecule is CCCCNCc1c(O)ccc2c1Oc1cc(O)ccc1C21OC(=O)c2ccccc21. The molecule has 0 aromatic heterocycles. The van der Waals surface area contributed by atoms with E-state index in [1.54, 1.807) is 36.4 Å². The summed E-state index contributed by atoms with van der Waals surface area (Å²) in [4.78, 5) is 12.8. The average molecular weight is 417 g/mol. The van der Waals surface area contributed by atoms with Crippen molar-refractivity contribution in [2.45, 2.75) is 31.9 Å². The molecule has 2 heterocycles. The second-order valence-electron chi connectivity index (χ2n) is 7.87. The number of carbonyl (C=O) groups is 1. The average Bonchev–Trinajstić information content (AvgIpc) is 3.06. The number of esters is 1. The number of nitrogens with one attached hydrogen (secondary N) is 1. The lowest BCUT2D eigenvalue weighted by Crippen LogP contribution is -2.33. The van der Waals surface area contributed by atoms with Gasteiger partial charge in [0.05, 0.1) is 11.1 Å². The van der Waals surface area contributed by atoms with Crippen molar-refractivity contribution in [3.8, 4) is 23.0 Å². The van der Waals surface area contributed by atoms with Crippen LogP contribution in [0.4, 0.5) is 0 Å². The van der Waals surface area contributed by atoms with Gasteiger partial charge in [0.2, 0.25) is 0 Å². The van der Waals surface area contributed by atoms with E-state index in [0.29, 0.717) is 45.9 Å². The summed E-state index contributed by atoms with van der Waals surface area (Å²) < 4.78 is 12.3. The Balaban J connectivity index is 1.74. The fourth-order valence-corrected chi connectivity index (χ4v) is 4.46. The molecule has 0 radical (unpaired) electrons. The highest BCUT2D eigenvalue weighted by Gasteiger charge is 2.54. The van der Waals surface area contributed by atoms with Crippen LogP contribution >= 0.6 is 0 Å². The first-order chi connectivity index (χ1) is 15.1. The van der Waals surface area contributed by atoms with Crippen LogP contribution in [-0.4, -0.2) is 22.7 Å². The van der Waals surface area contributed by atoms with Gasteiger partial charge in [0, 0.05) is 29.3 Å². The molecule has 3 aromatic carbocycles. The van der Waals surface area contributed by atoms with Crippen LogP contribution in [0.15, 0.2) is 54.6 Å². The molecule has 1 spiro atoms. The van der Waals surface area contributed by atoms with Crippen molar-refractivity contribution in [3.05, 3.63) is 82.4 Å². The molecule has 3 N–H and O–H groups in total. The van der Waals surface area contributed by atoms with Crippen molar-refractivity contribution in [1.29, 1.82) is 0 Å². The minimum absolute atomic E-state index is 0.0396. The quantitative estimate of drug-likeness (QED) is 0.417. The number of hydrogen-bond acceptors (Lipinski definition) is 6. The van der Waals surface area contributed by atoms with Gasteiger partial charge in [-0.15, -0.1) is 0 Å². The summed E-state index contributed by atoms with van der Waals surface area (Å²) in [6, 6.07) is 15.4. The summed E-state index contributed by atoms with van der Waals surface area (Å²) in [5, 5.41) is 24.1. The van der Waals surface area contributed by atoms with Crippen molar-refractivity contribution >= 4 is 5.97 Å². The van der Waals surface area contributed by atoms with Gasteiger partial charge in [-0.1, -0.05) is 31.5 Å². The topological polar surface area (TPSA) is 88.0 Å². The minimum Gasteiger partial charge on any atom is -0.508 e. The van der Waals surface area contributed by atoms with Crippen LogP contribution in [0.5, 0.6) is 23.0 Å². The first-order valence-corrected chi connectivity index (χ1v) is 10.5. The van der Waals surface area contributed by atoms with Crippen molar-refractivity contribution in [2.75, 3.05) is 6.54 Å². The van der Waals surface area contributed by atoms with E-state index >= 15 is 0 Å². The standard InChI is InChI=1S/C25H23NO5/c1-2-3-12-26-14-17-21(28)11-10-20-23(17)30-22-13-15(27)8-9-19(22)25(20)18-7-5-4-6-16(18)24(29)31-25/h4-11,13,26-28H,2-3,12,14H2,1H3. The Kier molecular flexibility index (Phi) is 4.59. The molecule has 5 rings (SSSR count). The van der Waals surface area contributed by atoms with Crippen LogP contribution in [0.3, 0.4) is 0 Å². The Morgan fingerprint density at radius 2 is 1.81 bits per heavy atom. The second kappa shape index (κ2) is 7.32. The molecule has 2 aliphatic heterocycles. The molecular formula is C25H23NO5. The predicted molar refractivity (Wildman–Crippen MR) is 115 cm³/mol. The molecule has 0 saturated heterocycles. The number of fused-ring (bicyclic) bond motifs is 6. The lowest BCUT2D eigenvalue weighted by atomic mass is 9.77. The van der Waals surface area contributed by atoms with E-state index in [2.05, 4.69) is 12.2 Å². The first-order valence-electron chi connectivity index (χ1n) is 10.5. The molecule has 0 aliphatic carbocycles. The van der Waals surface area contributed by atoms with Gasteiger partial charge in [-0.3, -0.25) is 0 Å². The van der Waals surface area contributed by atoms with Crippen LogP contribution < -0.4 is 10.1 Å². The van der Waals surface area contributed by atoms with Gasteiger partial charge in [-0.2, -0.15) is 0 Å². The summed E-state index contributed by atoms with van der Waals surface area (Å²) in [7, 11) is 0. The molecular weight excluding hydrogens is 394 g/mol. The maximum absolute atomic E-state index is 12.8. The third-order valence-corrected chi connectivity index (χ3v) is 5.95. The normalized spacial score (nSPS) is 18.2. The lowest BCUT2D eigenvalue weighted by Gasteiger charge is -2.37. The Bertz CT molecular complexity index is 1190. The molecule has 1 unspecified atom stereocenters. The number of unbranched alkanes of at least 4 members (excludes halogenated alkanes) is 1. The molecule has 6 heteroatoms. The largest absolute Gasteiger partial charge is 0.508 e. The molecule has 31 heavy (non-hydrogen) atoms. The summed E-state index contributed by atoms with van der Waals surface area (Å²) in [6.45, 7) is 3.32. The smallest absolute Gasteiger partial charge is 0.340 e. The van der Waals surface area contributed by atoms with E-state index in [1.807, 2.05) is 12.1 Å². The molecule has 0 amide bonds. The van der Waals surface area contributed by atoms with Crippen LogP contribution in [0.25, 0.3) is 0 Å². The second-order valence-corrected chi connectivity index (χ2v) is 7.87. The fraction of sp³-hybridized carbons (Fsp3) is 0.240. The Hall–Kier alpha value is -3.51. The van der Waals surface area contributed by atoms with Crippen LogP contribution in [0, 0.1) is 0 Å². The number of rotatable bonds is 5. The summed E-state index contributed by atoms with van der Waals surface area (Å²) in [5.74, 6) is 0.541. The van der Waals surface area contributed by atoms with Gasteiger partial charge in [0.25, 0.3) is 0 Å². The fourth-order valence-electron chi connectivity index (χ4n) is 4.46. The van der Waals surface area contributed by atoms with Gasteiger partial charge in [-0.25, -0.2) is 4.79 Å². The van der Waals surface area contributed by atoms with Crippen molar-refractivity contribution < 1.29 is 24.5 Å². The van der Waals surface area contributed by atoms with Crippen molar-refractivity contribution in [1.82, 2.24) is 5.32 Å². The van der Waals surface area contributed by atoms with Gasteiger partial charge in [0.15, 0.2) is 5.60 Å². The minimum atomic E-state index is -1.21. The summed E-state index contributed by atoms with van der Waals surface area (Å²) >= 11 is 0. The number of carbonyl (C=O) groups excluding carboxylic acids is 1. The zero-order valence-electron chi connectivity index (χ0n) is 17.1. The van der Waals surface area contributed by atoms with Gasteiger partial charge in [-0.05, 0) is 43.3 Å². The van der Waals surface area contributed by atoms with Gasteiger partial charge in [0.1, 0.15) is 23.0 Å². The summed E-state index contributed by atoms with van der Waals surface area (Å²) in [6.07, 6.45) is 2.08. The third kappa shape index (κ3) is 2.86. The van der Waals surface area contributed by atoms with E-state index in [9.17, 15) is 15.0 Å². The molecule has 0 bridgehead atoms. The zero-order chi connectivity index (χ0) is 21.6.